The molecule has 2 unspecified atom stereocenters. The van der Waals surface area contributed by atoms with Crippen LogP contribution in [0.1, 0.15) is 6.92 Å². The van der Waals surface area contributed by atoms with Crippen LogP contribution in [0.3, 0.4) is 0 Å². The molecule has 0 radical (unpaired) electrons. The zero-order valence-corrected chi connectivity index (χ0v) is 5.24. The monoisotopic (exact) mass is 134 g/mol. The molecule has 0 aromatic rings. The van der Waals surface area contributed by atoms with Gasteiger partial charge in [0.05, 0.1) is 12.7 Å². The van der Waals surface area contributed by atoms with E-state index in [2.05, 4.69) is 4.89 Å². The highest BCUT2D eigenvalue weighted by Gasteiger charge is 2.21. The van der Waals surface area contributed by atoms with Gasteiger partial charge in [-0.1, -0.05) is 0 Å². The van der Waals surface area contributed by atoms with Crippen molar-refractivity contribution in [3.8, 4) is 0 Å². The summed E-state index contributed by atoms with van der Waals surface area (Å²) < 4.78 is 10.1. The molecular formula is C5H10O4. The highest BCUT2D eigenvalue weighted by atomic mass is 17.1. The second-order valence-electron chi connectivity index (χ2n) is 2.01. The van der Waals surface area contributed by atoms with E-state index in [0.717, 1.165) is 0 Å². The van der Waals surface area contributed by atoms with Crippen molar-refractivity contribution >= 4 is 0 Å². The van der Waals surface area contributed by atoms with Gasteiger partial charge < -0.3 is 9.47 Å². The molecule has 0 saturated carbocycles. The number of hydrogen-bond acceptors (Lipinski definition) is 4. The summed E-state index contributed by atoms with van der Waals surface area (Å²) in [5.41, 5.74) is 0. The van der Waals surface area contributed by atoms with Crippen molar-refractivity contribution in [2.45, 2.75) is 19.3 Å². The van der Waals surface area contributed by atoms with Crippen molar-refractivity contribution in [3.05, 3.63) is 0 Å². The predicted octanol–water partition coefficient (Wildman–Crippen LogP) is 0.237. The molecule has 1 rings (SSSR count). The van der Waals surface area contributed by atoms with Crippen molar-refractivity contribution in [1.29, 1.82) is 0 Å². The molecule has 4 nitrogen and oxygen atoms in total. The molecule has 1 N–H and O–H groups in total. The first-order chi connectivity index (χ1) is 4.33. The molecule has 1 aliphatic heterocycles. The predicted molar refractivity (Wildman–Crippen MR) is 28.9 cm³/mol. The Morgan fingerprint density at radius 1 is 1.78 bits per heavy atom. The second kappa shape index (κ2) is 3.12. The van der Waals surface area contributed by atoms with E-state index in [1.807, 2.05) is 6.92 Å². The average Bonchev–Trinajstić information content (AvgIpc) is 2.17. The Labute approximate surface area is 53.3 Å². The summed E-state index contributed by atoms with van der Waals surface area (Å²) in [7, 11) is 0. The van der Waals surface area contributed by atoms with Crippen molar-refractivity contribution in [2.24, 2.45) is 0 Å². The van der Waals surface area contributed by atoms with Crippen molar-refractivity contribution in [3.63, 3.8) is 0 Å². The molecule has 1 saturated heterocycles. The Balaban J connectivity index is 2.14. The van der Waals surface area contributed by atoms with Crippen LogP contribution in [0.2, 0.25) is 0 Å². The summed E-state index contributed by atoms with van der Waals surface area (Å²) >= 11 is 0. The third kappa shape index (κ3) is 1.91. The molecule has 0 amide bonds. The van der Waals surface area contributed by atoms with E-state index in [-0.39, 0.29) is 19.0 Å². The zero-order valence-electron chi connectivity index (χ0n) is 5.24. The highest BCUT2D eigenvalue weighted by molar-refractivity contribution is 4.57. The molecule has 0 spiro atoms. The molecule has 0 bridgehead atoms. The smallest absolute Gasteiger partial charge is 0.184 e. The lowest BCUT2D eigenvalue weighted by Gasteiger charge is -2.05. The van der Waals surface area contributed by atoms with Gasteiger partial charge in [0, 0.05) is 0 Å². The first-order valence-electron chi connectivity index (χ1n) is 2.86. The van der Waals surface area contributed by atoms with Crippen LogP contribution in [0, 0.1) is 0 Å². The lowest BCUT2D eigenvalue weighted by molar-refractivity contribution is -0.278. The van der Waals surface area contributed by atoms with Gasteiger partial charge in [-0.05, 0) is 6.92 Å². The average molecular weight is 134 g/mol. The summed E-state index contributed by atoms with van der Waals surface area (Å²) in [6.07, 6.45) is -0.268. The fourth-order valence-corrected chi connectivity index (χ4v) is 0.729. The Hall–Kier alpha value is -0.160. The van der Waals surface area contributed by atoms with Gasteiger partial charge in [0.2, 0.25) is 0 Å². The standard InChI is InChI=1S/C5H10O4/c1-4-2-7-5(9-4)3-8-6/h4-6H,2-3H2,1H3. The molecule has 9 heavy (non-hydrogen) atoms. The maximum Gasteiger partial charge on any atom is 0.184 e. The Morgan fingerprint density at radius 2 is 2.56 bits per heavy atom. The summed E-state index contributed by atoms with van der Waals surface area (Å²) in [5, 5.41) is 7.95. The van der Waals surface area contributed by atoms with Gasteiger partial charge in [-0.25, -0.2) is 4.89 Å². The third-order valence-corrected chi connectivity index (χ3v) is 1.11. The summed E-state index contributed by atoms with van der Waals surface area (Å²) in [6.45, 7) is 2.57. The number of hydrogen-bond donors (Lipinski definition) is 1. The molecule has 1 fully saturated rings. The Kier molecular flexibility index (Phi) is 2.41. The molecular weight excluding hydrogens is 124 g/mol. The first-order valence-corrected chi connectivity index (χ1v) is 2.86. The van der Waals surface area contributed by atoms with Crippen molar-refractivity contribution < 1.29 is 19.6 Å². The summed E-state index contributed by atoms with van der Waals surface area (Å²) in [5.74, 6) is 0. The van der Waals surface area contributed by atoms with Crippen LogP contribution in [-0.4, -0.2) is 30.9 Å². The van der Waals surface area contributed by atoms with Gasteiger partial charge in [-0.2, -0.15) is 0 Å². The summed E-state index contributed by atoms with van der Waals surface area (Å²) in [6, 6.07) is 0. The lowest BCUT2D eigenvalue weighted by Crippen LogP contribution is -2.15. The van der Waals surface area contributed by atoms with Crippen LogP contribution < -0.4 is 0 Å². The van der Waals surface area contributed by atoms with Crippen LogP contribution in [0.15, 0.2) is 0 Å². The zero-order chi connectivity index (χ0) is 6.69. The topological polar surface area (TPSA) is 47.9 Å². The van der Waals surface area contributed by atoms with Crippen LogP contribution in [0.4, 0.5) is 0 Å². The van der Waals surface area contributed by atoms with Gasteiger partial charge in [-0.15, -0.1) is 0 Å². The van der Waals surface area contributed by atoms with Gasteiger partial charge in [0.15, 0.2) is 6.29 Å². The van der Waals surface area contributed by atoms with E-state index < -0.39 is 0 Å². The normalized spacial score (nSPS) is 35.3. The summed E-state index contributed by atoms with van der Waals surface area (Å²) in [4.78, 5) is 3.82. The number of ether oxygens (including phenoxy) is 2. The fourth-order valence-electron chi connectivity index (χ4n) is 0.729. The van der Waals surface area contributed by atoms with Crippen molar-refractivity contribution in [1.82, 2.24) is 0 Å². The second-order valence-corrected chi connectivity index (χ2v) is 2.01. The van der Waals surface area contributed by atoms with Gasteiger partial charge in [0.1, 0.15) is 6.61 Å². The minimum Gasteiger partial charge on any atom is -0.347 e. The van der Waals surface area contributed by atoms with E-state index in [1.54, 1.807) is 0 Å². The van der Waals surface area contributed by atoms with Crippen molar-refractivity contribution in [2.75, 3.05) is 13.2 Å². The quantitative estimate of drug-likeness (QED) is 0.434. The number of rotatable bonds is 2. The Bertz CT molecular complexity index is 83.0. The van der Waals surface area contributed by atoms with Crippen LogP contribution >= 0.6 is 0 Å². The largest absolute Gasteiger partial charge is 0.347 e. The van der Waals surface area contributed by atoms with E-state index >= 15 is 0 Å². The molecule has 2 atom stereocenters. The van der Waals surface area contributed by atoms with E-state index in [1.165, 1.54) is 0 Å². The fraction of sp³-hybridized carbons (Fsp3) is 1.00. The molecule has 0 aliphatic carbocycles. The van der Waals surface area contributed by atoms with Crippen LogP contribution in [0.25, 0.3) is 0 Å². The van der Waals surface area contributed by atoms with Gasteiger partial charge in [0.25, 0.3) is 0 Å². The van der Waals surface area contributed by atoms with Crippen LogP contribution in [0.5, 0.6) is 0 Å². The first kappa shape index (κ1) is 6.95. The maximum atomic E-state index is 7.95. The van der Waals surface area contributed by atoms with E-state index in [4.69, 9.17) is 14.7 Å². The lowest BCUT2D eigenvalue weighted by atomic mass is 10.5. The minimum atomic E-state index is -0.384. The third-order valence-electron chi connectivity index (χ3n) is 1.11. The SMILES string of the molecule is CC1COC(COO)O1. The molecule has 1 heterocycles. The van der Waals surface area contributed by atoms with Crippen LogP contribution in [-0.2, 0) is 14.4 Å². The maximum absolute atomic E-state index is 7.95. The Morgan fingerprint density at radius 3 is 3.00 bits per heavy atom. The van der Waals surface area contributed by atoms with Gasteiger partial charge >= 0.3 is 0 Å². The molecule has 0 aromatic carbocycles. The van der Waals surface area contributed by atoms with Gasteiger partial charge in [-0.3, -0.25) is 5.26 Å². The molecule has 1 aliphatic rings. The molecule has 4 heteroatoms. The molecule has 0 aromatic heterocycles. The molecule has 54 valence electrons. The van der Waals surface area contributed by atoms with E-state index in [9.17, 15) is 0 Å². The van der Waals surface area contributed by atoms with E-state index in [0.29, 0.717) is 6.61 Å². The minimum absolute atomic E-state index is 0.0876. The highest BCUT2D eigenvalue weighted by Crippen LogP contribution is 2.09.